The van der Waals surface area contributed by atoms with Crippen LogP contribution in [0.25, 0.3) is 0 Å². The van der Waals surface area contributed by atoms with Gasteiger partial charge in [-0.05, 0) is 49.6 Å². The third kappa shape index (κ3) is 1.98. The monoisotopic (exact) mass is 263 g/mol. The molecule has 1 fully saturated rings. The van der Waals surface area contributed by atoms with Crippen LogP contribution >= 0.6 is 11.3 Å². The first-order valence-electron chi connectivity index (χ1n) is 6.61. The van der Waals surface area contributed by atoms with Crippen molar-refractivity contribution in [1.82, 2.24) is 0 Å². The van der Waals surface area contributed by atoms with E-state index in [1.807, 2.05) is 25.3 Å². The highest BCUT2D eigenvalue weighted by Gasteiger charge is 2.51. The highest BCUT2D eigenvalue weighted by atomic mass is 32.1. The summed E-state index contributed by atoms with van der Waals surface area (Å²) < 4.78 is 0. The maximum atomic E-state index is 11.0. The van der Waals surface area contributed by atoms with E-state index in [4.69, 9.17) is 0 Å². The van der Waals surface area contributed by atoms with Gasteiger partial charge in [0.25, 0.3) is 0 Å². The quantitative estimate of drug-likeness (QED) is 0.877. The van der Waals surface area contributed by atoms with Crippen molar-refractivity contribution in [2.45, 2.75) is 52.1 Å². The van der Waals surface area contributed by atoms with Gasteiger partial charge in [0.15, 0.2) is 0 Å². The highest BCUT2D eigenvalue weighted by molar-refractivity contribution is 7.10. The molecule has 2 nitrogen and oxygen atoms in total. The van der Waals surface area contributed by atoms with Crippen molar-refractivity contribution in [3.05, 3.63) is 21.9 Å². The van der Waals surface area contributed by atoms with Gasteiger partial charge in [-0.1, -0.05) is 19.8 Å². The smallest absolute Gasteiger partial charge is 0.115 e. The Labute approximate surface area is 113 Å². The van der Waals surface area contributed by atoms with Crippen LogP contribution in [0.1, 0.15) is 50.0 Å². The molecule has 1 N–H and O–H groups in total. The van der Waals surface area contributed by atoms with Gasteiger partial charge in [-0.15, -0.1) is 11.3 Å². The number of aryl methyl sites for hydroxylation is 1. The van der Waals surface area contributed by atoms with E-state index in [2.05, 4.69) is 13.0 Å². The van der Waals surface area contributed by atoms with Gasteiger partial charge < -0.3 is 5.11 Å². The molecular formula is C15H21NOS. The molecule has 98 valence electrons. The maximum absolute atomic E-state index is 11.0. The average Bonchev–Trinajstić information content (AvgIpc) is 2.75. The Balaban J connectivity index is 2.44. The summed E-state index contributed by atoms with van der Waals surface area (Å²) in [6.45, 7) is 6.02. The van der Waals surface area contributed by atoms with Gasteiger partial charge in [-0.2, -0.15) is 5.26 Å². The minimum Gasteiger partial charge on any atom is -0.383 e. The summed E-state index contributed by atoms with van der Waals surface area (Å²) in [5.74, 6) is 0.519. The molecule has 0 radical (unpaired) electrons. The van der Waals surface area contributed by atoms with Crippen molar-refractivity contribution >= 4 is 11.3 Å². The zero-order valence-corrected chi connectivity index (χ0v) is 12.2. The van der Waals surface area contributed by atoms with Crippen LogP contribution in [0.3, 0.4) is 0 Å². The third-order valence-corrected chi connectivity index (χ3v) is 5.67. The van der Waals surface area contributed by atoms with Crippen LogP contribution < -0.4 is 0 Å². The Morgan fingerprint density at radius 3 is 2.83 bits per heavy atom. The van der Waals surface area contributed by atoms with Gasteiger partial charge in [0.05, 0.1) is 11.5 Å². The fourth-order valence-corrected chi connectivity index (χ4v) is 4.38. The van der Waals surface area contributed by atoms with E-state index in [1.54, 1.807) is 11.3 Å². The van der Waals surface area contributed by atoms with Gasteiger partial charge in [0.1, 0.15) is 5.60 Å². The Bertz CT molecular complexity index is 471. The second-order valence-electron chi connectivity index (χ2n) is 5.90. The lowest BCUT2D eigenvalue weighted by Gasteiger charge is -2.44. The van der Waals surface area contributed by atoms with Gasteiger partial charge in [0, 0.05) is 4.88 Å². The Morgan fingerprint density at radius 2 is 2.33 bits per heavy atom. The van der Waals surface area contributed by atoms with E-state index in [0.717, 1.165) is 29.7 Å². The van der Waals surface area contributed by atoms with Crippen molar-refractivity contribution < 1.29 is 5.11 Å². The summed E-state index contributed by atoms with van der Waals surface area (Å²) in [7, 11) is 0. The van der Waals surface area contributed by atoms with Crippen LogP contribution in [-0.4, -0.2) is 5.11 Å². The lowest BCUT2D eigenvalue weighted by atomic mass is 9.61. The molecule has 1 aliphatic rings. The van der Waals surface area contributed by atoms with Gasteiger partial charge in [0.2, 0.25) is 0 Å². The molecule has 0 aromatic carbocycles. The molecule has 3 unspecified atom stereocenters. The molecule has 1 heterocycles. The van der Waals surface area contributed by atoms with E-state index in [9.17, 15) is 10.4 Å². The number of nitrogens with zero attached hydrogens (tertiary/aromatic N) is 1. The molecular weight excluding hydrogens is 242 g/mol. The van der Waals surface area contributed by atoms with Crippen LogP contribution in [-0.2, 0) is 5.60 Å². The van der Waals surface area contributed by atoms with Crippen molar-refractivity contribution in [3.8, 4) is 6.07 Å². The molecule has 2 rings (SSSR count). The van der Waals surface area contributed by atoms with Crippen LogP contribution in [0.5, 0.6) is 0 Å². The summed E-state index contributed by atoms with van der Waals surface area (Å²) in [6.07, 6.45) is 3.81. The zero-order chi connectivity index (χ0) is 13.4. The maximum Gasteiger partial charge on any atom is 0.115 e. The molecule has 18 heavy (non-hydrogen) atoms. The predicted molar refractivity (Wildman–Crippen MR) is 74.3 cm³/mol. The summed E-state index contributed by atoms with van der Waals surface area (Å²) in [6, 6.07) is 4.48. The molecule has 0 aliphatic heterocycles. The van der Waals surface area contributed by atoms with Crippen molar-refractivity contribution in [3.63, 3.8) is 0 Å². The fraction of sp³-hybridized carbons (Fsp3) is 0.667. The number of aliphatic hydroxyl groups is 1. The molecule has 3 atom stereocenters. The molecule has 0 spiro atoms. The number of hydrogen-bond acceptors (Lipinski definition) is 3. The molecule has 0 amide bonds. The van der Waals surface area contributed by atoms with E-state index >= 15 is 0 Å². The van der Waals surface area contributed by atoms with Crippen molar-refractivity contribution in [2.75, 3.05) is 0 Å². The normalized spacial score (nSPS) is 31.6. The van der Waals surface area contributed by atoms with Crippen molar-refractivity contribution in [1.29, 1.82) is 5.26 Å². The molecule has 0 saturated heterocycles. The van der Waals surface area contributed by atoms with E-state index in [1.165, 1.54) is 6.42 Å². The zero-order valence-electron chi connectivity index (χ0n) is 11.4. The Morgan fingerprint density at radius 1 is 1.61 bits per heavy atom. The second-order valence-corrected chi connectivity index (χ2v) is 6.82. The molecule has 0 bridgehead atoms. The predicted octanol–water partition coefficient (Wildman–Crippen LogP) is 3.98. The molecule has 1 aromatic rings. The Hall–Kier alpha value is -0.850. The molecule has 3 heteroatoms. The number of hydrogen-bond donors (Lipinski definition) is 1. The van der Waals surface area contributed by atoms with Crippen LogP contribution in [0, 0.1) is 29.6 Å². The summed E-state index contributed by atoms with van der Waals surface area (Å²) >= 11 is 1.56. The SMILES string of the molecule is Cc1ccsc1C(C)(O)C1(C#N)CCCC(C)C1. The minimum absolute atomic E-state index is 0.519. The van der Waals surface area contributed by atoms with E-state index in [-0.39, 0.29) is 0 Å². The average molecular weight is 263 g/mol. The van der Waals surface area contributed by atoms with Crippen molar-refractivity contribution in [2.24, 2.45) is 11.3 Å². The van der Waals surface area contributed by atoms with Gasteiger partial charge >= 0.3 is 0 Å². The highest BCUT2D eigenvalue weighted by Crippen LogP contribution is 2.52. The summed E-state index contributed by atoms with van der Waals surface area (Å²) in [5.41, 5.74) is -0.563. The van der Waals surface area contributed by atoms with Gasteiger partial charge in [-0.25, -0.2) is 0 Å². The molecule has 1 aliphatic carbocycles. The lowest BCUT2D eigenvalue weighted by molar-refractivity contribution is -0.0696. The van der Waals surface area contributed by atoms with Crippen LogP contribution in [0.2, 0.25) is 0 Å². The number of thiophene rings is 1. The summed E-state index contributed by atoms with van der Waals surface area (Å²) in [4.78, 5) is 0.957. The van der Waals surface area contributed by atoms with Gasteiger partial charge in [-0.3, -0.25) is 0 Å². The van der Waals surface area contributed by atoms with Crippen LogP contribution in [0.4, 0.5) is 0 Å². The summed E-state index contributed by atoms with van der Waals surface area (Å²) in [5, 5.41) is 22.7. The molecule has 1 saturated carbocycles. The first kappa shape index (κ1) is 13.6. The Kier molecular flexibility index (Phi) is 3.53. The largest absolute Gasteiger partial charge is 0.383 e. The van der Waals surface area contributed by atoms with E-state index < -0.39 is 11.0 Å². The fourth-order valence-electron chi connectivity index (χ4n) is 3.29. The van der Waals surface area contributed by atoms with Crippen LogP contribution in [0.15, 0.2) is 11.4 Å². The topological polar surface area (TPSA) is 44.0 Å². The number of rotatable bonds is 2. The van der Waals surface area contributed by atoms with E-state index in [0.29, 0.717) is 5.92 Å². The first-order chi connectivity index (χ1) is 8.43. The minimum atomic E-state index is -1.03. The third-order valence-electron chi connectivity index (χ3n) is 4.45. The standard InChI is InChI=1S/C15H21NOS/c1-11-5-4-7-15(9-11,10-16)14(3,17)13-12(2)6-8-18-13/h6,8,11,17H,4-5,7,9H2,1-3H3. The first-order valence-corrected chi connectivity index (χ1v) is 7.49. The second kappa shape index (κ2) is 4.68. The lowest BCUT2D eigenvalue weighted by Crippen LogP contribution is -2.45. The molecule has 1 aromatic heterocycles. The number of nitriles is 1.